The van der Waals surface area contributed by atoms with Gasteiger partial charge in [-0.05, 0) is 27.2 Å². The van der Waals surface area contributed by atoms with Crippen LogP contribution in [0, 0.1) is 11.8 Å². The van der Waals surface area contributed by atoms with Crippen LogP contribution in [-0.4, -0.2) is 60.2 Å². The van der Waals surface area contributed by atoms with E-state index in [1.54, 1.807) is 20.8 Å². The Bertz CT molecular complexity index is 549. The van der Waals surface area contributed by atoms with Gasteiger partial charge in [-0.3, -0.25) is 4.79 Å². The molecule has 120 valence electrons. The zero-order valence-electron chi connectivity index (χ0n) is 12.4. The van der Waals surface area contributed by atoms with E-state index in [9.17, 15) is 23.1 Å². The zero-order chi connectivity index (χ0) is 16.0. The van der Waals surface area contributed by atoms with E-state index < -0.39 is 44.6 Å². The molecule has 2 aliphatic heterocycles. The van der Waals surface area contributed by atoms with Gasteiger partial charge in [0, 0.05) is 19.0 Å². The average Bonchev–Trinajstić information content (AvgIpc) is 2.72. The number of rotatable bonds is 1. The summed E-state index contributed by atoms with van der Waals surface area (Å²) in [5.74, 6) is -2.39. The van der Waals surface area contributed by atoms with Crippen molar-refractivity contribution in [3.8, 4) is 0 Å². The first kappa shape index (κ1) is 16.1. The summed E-state index contributed by atoms with van der Waals surface area (Å²) in [5.41, 5.74) is -0.671. The molecule has 2 saturated heterocycles. The van der Waals surface area contributed by atoms with Crippen molar-refractivity contribution in [2.24, 2.45) is 11.8 Å². The minimum atomic E-state index is -3.35. The molecule has 0 spiro atoms. The summed E-state index contributed by atoms with van der Waals surface area (Å²) < 4.78 is 29.5. The summed E-state index contributed by atoms with van der Waals surface area (Å²) in [6.07, 6.45) is -0.475. The van der Waals surface area contributed by atoms with E-state index in [1.807, 2.05) is 0 Å². The number of aliphatic carboxylic acids is 1. The highest BCUT2D eigenvalue weighted by molar-refractivity contribution is 7.92. The van der Waals surface area contributed by atoms with Gasteiger partial charge in [0.1, 0.15) is 5.60 Å². The summed E-state index contributed by atoms with van der Waals surface area (Å²) in [5, 5.41) is 8.45. The predicted octanol–water partition coefficient (Wildman–Crippen LogP) is 0.741. The first-order chi connectivity index (χ1) is 9.51. The Morgan fingerprint density at radius 1 is 1.24 bits per heavy atom. The number of nitrogens with zero attached hydrogens (tertiary/aromatic N) is 1. The highest BCUT2D eigenvalue weighted by Gasteiger charge is 2.52. The number of carbonyl (C=O) groups excluding carboxylic acids is 1. The smallest absolute Gasteiger partial charge is 0.410 e. The van der Waals surface area contributed by atoms with Gasteiger partial charge in [0.15, 0.2) is 9.84 Å². The predicted molar refractivity (Wildman–Crippen MR) is 74.6 cm³/mol. The Labute approximate surface area is 124 Å². The van der Waals surface area contributed by atoms with Crippen LogP contribution in [0.2, 0.25) is 0 Å². The maximum absolute atomic E-state index is 12.1. The first-order valence-corrected chi connectivity index (χ1v) is 8.65. The summed E-state index contributed by atoms with van der Waals surface area (Å²) in [4.78, 5) is 24.7. The fraction of sp³-hybridized carbons (Fsp3) is 0.846. The van der Waals surface area contributed by atoms with Gasteiger partial charge in [0.25, 0.3) is 0 Å². The molecule has 8 heteroatoms. The molecule has 2 aliphatic rings. The highest BCUT2D eigenvalue weighted by Crippen LogP contribution is 2.37. The van der Waals surface area contributed by atoms with Crippen LogP contribution in [0.15, 0.2) is 0 Å². The third-order valence-electron chi connectivity index (χ3n) is 3.97. The summed E-state index contributed by atoms with van der Waals surface area (Å²) in [6.45, 7) is 5.32. The first-order valence-electron chi connectivity index (χ1n) is 6.93. The van der Waals surface area contributed by atoms with Crippen LogP contribution in [0.4, 0.5) is 4.79 Å². The van der Waals surface area contributed by atoms with Gasteiger partial charge in [0.2, 0.25) is 0 Å². The molecule has 7 nitrogen and oxygen atoms in total. The second-order valence-electron chi connectivity index (χ2n) is 6.69. The Balaban J connectivity index is 2.19. The van der Waals surface area contributed by atoms with Crippen molar-refractivity contribution in [2.45, 2.75) is 38.0 Å². The molecule has 21 heavy (non-hydrogen) atoms. The van der Waals surface area contributed by atoms with Crippen LogP contribution in [-0.2, 0) is 19.4 Å². The summed E-state index contributed by atoms with van der Waals surface area (Å²) in [6, 6.07) is 0. The van der Waals surface area contributed by atoms with Crippen LogP contribution in [0.3, 0.4) is 0 Å². The lowest BCUT2D eigenvalue weighted by Crippen LogP contribution is -2.43. The minimum absolute atomic E-state index is 0.0195. The van der Waals surface area contributed by atoms with Crippen LogP contribution >= 0.6 is 0 Å². The van der Waals surface area contributed by atoms with E-state index in [2.05, 4.69) is 0 Å². The largest absolute Gasteiger partial charge is 0.481 e. The molecule has 0 aliphatic carbocycles. The molecule has 0 aromatic rings. The standard InChI is InChI=1S/C13H21NO6S/c1-13(2,3)20-12(17)14-6-9-8(11(15)16)4-5-21(18,19)10(9)7-14/h8-10H,4-7H2,1-3H3,(H,15,16)/t8-,9-,10-/m1/s1. The van der Waals surface area contributed by atoms with Gasteiger partial charge in [-0.1, -0.05) is 0 Å². The molecule has 3 atom stereocenters. The van der Waals surface area contributed by atoms with Gasteiger partial charge in [-0.25, -0.2) is 13.2 Å². The quantitative estimate of drug-likeness (QED) is 0.765. The number of fused-ring (bicyclic) bond motifs is 1. The number of carbonyl (C=O) groups is 2. The number of likely N-dealkylation sites (tertiary alicyclic amines) is 1. The van der Waals surface area contributed by atoms with E-state index in [4.69, 9.17) is 4.74 Å². The monoisotopic (exact) mass is 319 g/mol. The number of amides is 1. The highest BCUT2D eigenvalue weighted by atomic mass is 32.2. The molecule has 1 N–H and O–H groups in total. The lowest BCUT2D eigenvalue weighted by atomic mass is 9.88. The van der Waals surface area contributed by atoms with Crippen molar-refractivity contribution in [1.29, 1.82) is 0 Å². The molecule has 2 heterocycles. The third kappa shape index (κ3) is 3.30. The fourth-order valence-corrected chi connectivity index (χ4v) is 5.10. The SMILES string of the molecule is CC(C)(C)OC(=O)N1C[C@H]2[C@@H](C1)S(=O)(=O)CC[C@H]2C(=O)O. The van der Waals surface area contributed by atoms with Crippen molar-refractivity contribution in [1.82, 2.24) is 4.90 Å². The van der Waals surface area contributed by atoms with Crippen LogP contribution < -0.4 is 0 Å². The van der Waals surface area contributed by atoms with Crippen molar-refractivity contribution in [2.75, 3.05) is 18.8 Å². The van der Waals surface area contributed by atoms with E-state index in [1.165, 1.54) is 4.90 Å². The number of carboxylic acid groups (broad SMARTS) is 1. The zero-order valence-corrected chi connectivity index (χ0v) is 13.2. The van der Waals surface area contributed by atoms with Crippen LogP contribution in [0.25, 0.3) is 0 Å². The van der Waals surface area contributed by atoms with Crippen molar-refractivity contribution >= 4 is 21.9 Å². The van der Waals surface area contributed by atoms with E-state index in [0.717, 1.165) is 0 Å². The molecule has 0 saturated carbocycles. The number of sulfone groups is 1. The minimum Gasteiger partial charge on any atom is -0.481 e. The van der Waals surface area contributed by atoms with Crippen molar-refractivity contribution < 1.29 is 27.9 Å². The number of hydrogen-bond donors (Lipinski definition) is 1. The van der Waals surface area contributed by atoms with E-state index in [0.29, 0.717) is 0 Å². The van der Waals surface area contributed by atoms with Gasteiger partial charge < -0.3 is 14.7 Å². The molecular weight excluding hydrogens is 298 g/mol. The molecule has 0 bridgehead atoms. The number of hydrogen-bond acceptors (Lipinski definition) is 5. The molecular formula is C13H21NO6S. The summed E-state index contributed by atoms with van der Waals surface area (Å²) in [7, 11) is -3.35. The average molecular weight is 319 g/mol. The maximum Gasteiger partial charge on any atom is 0.410 e. The lowest BCUT2D eigenvalue weighted by molar-refractivity contribution is -0.143. The van der Waals surface area contributed by atoms with Gasteiger partial charge in [-0.15, -0.1) is 0 Å². The van der Waals surface area contributed by atoms with Crippen molar-refractivity contribution in [3.63, 3.8) is 0 Å². The number of ether oxygens (including phenoxy) is 1. The molecule has 0 unspecified atom stereocenters. The molecule has 0 aromatic carbocycles. The van der Waals surface area contributed by atoms with Gasteiger partial charge in [-0.2, -0.15) is 0 Å². The summed E-state index contributed by atoms with van der Waals surface area (Å²) >= 11 is 0. The molecule has 1 amide bonds. The second-order valence-corrected chi connectivity index (χ2v) is 9.03. The Hall–Kier alpha value is -1.31. The van der Waals surface area contributed by atoms with E-state index in [-0.39, 0.29) is 25.3 Å². The Kier molecular flexibility index (Phi) is 3.94. The maximum atomic E-state index is 12.1. The normalized spacial score (nSPS) is 31.6. The van der Waals surface area contributed by atoms with Crippen molar-refractivity contribution in [3.05, 3.63) is 0 Å². The Morgan fingerprint density at radius 3 is 2.38 bits per heavy atom. The second kappa shape index (κ2) is 5.15. The number of carboxylic acids is 1. The lowest BCUT2D eigenvalue weighted by Gasteiger charge is -2.29. The Morgan fingerprint density at radius 2 is 1.86 bits per heavy atom. The topological polar surface area (TPSA) is 101 Å². The van der Waals surface area contributed by atoms with Crippen LogP contribution in [0.5, 0.6) is 0 Å². The molecule has 2 fully saturated rings. The molecule has 2 rings (SSSR count). The van der Waals surface area contributed by atoms with Gasteiger partial charge in [0.05, 0.1) is 16.9 Å². The molecule has 0 radical (unpaired) electrons. The third-order valence-corrected chi connectivity index (χ3v) is 6.20. The van der Waals surface area contributed by atoms with Crippen LogP contribution in [0.1, 0.15) is 27.2 Å². The molecule has 0 aromatic heterocycles. The van der Waals surface area contributed by atoms with Gasteiger partial charge >= 0.3 is 12.1 Å². The van der Waals surface area contributed by atoms with E-state index >= 15 is 0 Å². The fourth-order valence-electron chi connectivity index (χ4n) is 3.00.